The fraction of sp³-hybridized carbons (Fsp3) is 0.500. The molecule has 0 aliphatic heterocycles. The zero-order chi connectivity index (χ0) is 12.3. The molecule has 0 aliphatic carbocycles. The lowest BCUT2D eigenvalue weighted by Crippen LogP contribution is -2.31. The Hall–Kier alpha value is -1.37. The van der Waals surface area contributed by atoms with Crippen molar-refractivity contribution in [3.63, 3.8) is 0 Å². The van der Waals surface area contributed by atoms with E-state index in [2.05, 4.69) is 23.5 Å². The zero-order valence-electron chi connectivity index (χ0n) is 10.4. The molecule has 0 fully saturated rings. The number of nitrogens with one attached hydrogen (secondary N) is 1. The van der Waals surface area contributed by atoms with E-state index in [9.17, 15) is 0 Å². The van der Waals surface area contributed by atoms with E-state index in [1.54, 1.807) is 0 Å². The first-order valence-electron chi connectivity index (χ1n) is 6.11. The zero-order valence-corrected chi connectivity index (χ0v) is 10.4. The van der Waals surface area contributed by atoms with Crippen LogP contribution >= 0.6 is 0 Å². The number of ether oxygens (including phenoxy) is 1. The summed E-state index contributed by atoms with van der Waals surface area (Å²) in [6.45, 7) is 3.96. The fourth-order valence-electron chi connectivity index (χ4n) is 1.61. The van der Waals surface area contributed by atoms with Gasteiger partial charge >= 0.3 is 0 Å². The molecule has 1 N–H and O–H groups in total. The summed E-state index contributed by atoms with van der Waals surface area (Å²) in [4.78, 5) is 0. The summed E-state index contributed by atoms with van der Waals surface area (Å²) in [6.07, 6.45) is 2.02. The van der Waals surface area contributed by atoms with Gasteiger partial charge in [0.1, 0.15) is 6.04 Å². The van der Waals surface area contributed by atoms with Crippen LogP contribution < -0.4 is 5.32 Å². The van der Waals surface area contributed by atoms with Crippen LogP contribution in [0.15, 0.2) is 30.3 Å². The van der Waals surface area contributed by atoms with Gasteiger partial charge in [-0.15, -0.1) is 0 Å². The normalized spacial score (nSPS) is 12.0. The first-order chi connectivity index (χ1) is 8.36. The van der Waals surface area contributed by atoms with Gasteiger partial charge in [-0.2, -0.15) is 5.26 Å². The quantitative estimate of drug-likeness (QED) is 0.698. The highest BCUT2D eigenvalue weighted by atomic mass is 16.5. The van der Waals surface area contributed by atoms with Crippen LogP contribution in [0.4, 0.5) is 0 Å². The summed E-state index contributed by atoms with van der Waals surface area (Å²) in [5.41, 5.74) is 1.33. The second-order valence-corrected chi connectivity index (χ2v) is 3.90. The van der Waals surface area contributed by atoms with Crippen LogP contribution in [0.25, 0.3) is 0 Å². The summed E-state index contributed by atoms with van der Waals surface area (Å²) in [5, 5.41) is 11.9. The van der Waals surface area contributed by atoms with Crippen LogP contribution in [0.3, 0.4) is 0 Å². The Morgan fingerprint density at radius 2 is 2.12 bits per heavy atom. The first kappa shape index (κ1) is 13.7. The number of hydrogen-bond acceptors (Lipinski definition) is 3. The molecule has 1 rings (SSSR count). The summed E-state index contributed by atoms with van der Waals surface area (Å²) >= 11 is 0. The van der Waals surface area contributed by atoms with Crippen LogP contribution in [0.5, 0.6) is 0 Å². The molecule has 0 saturated carbocycles. The van der Waals surface area contributed by atoms with Gasteiger partial charge in [-0.05, 0) is 24.9 Å². The highest BCUT2D eigenvalue weighted by Gasteiger charge is 2.04. The molecular weight excluding hydrogens is 212 g/mol. The van der Waals surface area contributed by atoms with Crippen LogP contribution in [0.2, 0.25) is 0 Å². The maximum atomic E-state index is 8.80. The molecule has 17 heavy (non-hydrogen) atoms. The van der Waals surface area contributed by atoms with Crippen LogP contribution in [0.1, 0.15) is 18.9 Å². The van der Waals surface area contributed by atoms with Crippen molar-refractivity contribution in [3.05, 3.63) is 35.9 Å². The fourth-order valence-corrected chi connectivity index (χ4v) is 1.61. The van der Waals surface area contributed by atoms with Crippen molar-refractivity contribution < 1.29 is 4.74 Å². The minimum atomic E-state index is -0.184. The summed E-state index contributed by atoms with van der Waals surface area (Å²) in [5.74, 6) is 0. The molecular formula is C14H20N2O. The number of rotatable bonds is 8. The molecule has 0 saturated heterocycles. The van der Waals surface area contributed by atoms with E-state index in [1.165, 1.54) is 5.56 Å². The molecule has 0 heterocycles. The van der Waals surface area contributed by atoms with Gasteiger partial charge < -0.3 is 10.1 Å². The molecule has 1 aromatic carbocycles. The van der Waals surface area contributed by atoms with Gasteiger partial charge in [0.25, 0.3) is 0 Å². The second kappa shape index (κ2) is 8.74. The van der Waals surface area contributed by atoms with E-state index in [4.69, 9.17) is 10.00 Å². The third kappa shape index (κ3) is 6.06. The van der Waals surface area contributed by atoms with Gasteiger partial charge in [-0.3, -0.25) is 0 Å². The summed E-state index contributed by atoms with van der Waals surface area (Å²) in [7, 11) is 0. The van der Waals surface area contributed by atoms with Crippen LogP contribution in [-0.2, 0) is 11.2 Å². The molecule has 92 valence electrons. The maximum Gasteiger partial charge on any atom is 0.119 e. The lowest BCUT2D eigenvalue weighted by Gasteiger charge is -2.10. The molecule has 0 spiro atoms. The first-order valence-corrected chi connectivity index (χ1v) is 6.11. The average Bonchev–Trinajstić information content (AvgIpc) is 2.38. The van der Waals surface area contributed by atoms with Crippen molar-refractivity contribution in [1.82, 2.24) is 5.32 Å². The number of likely N-dealkylation sites (N-methyl/N-ethyl adjacent to an activating group) is 1. The van der Waals surface area contributed by atoms with E-state index in [0.29, 0.717) is 13.2 Å². The van der Waals surface area contributed by atoms with Crippen molar-refractivity contribution in [1.29, 1.82) is 5.26 Å². The molecule has 1 atom stereocenters. The maximum absolute atomic E-state index is 8.80. The Morgan fingerprint density at radius 1 is 1.35 bits per heavy atom. The Kier molecular flexibility index (Phi) is 7.04. The van der Waals surface area contributed by atoms with E-state index in [-0.39, 0.29) is 6.04 Å². The lowest BCUT2D eigenvalue weighted by atomic mass is 10.1. The molecule has 0 aromatic heterocycles. The average molecular weight is 232 g/mol. The van der Waals surface area contributed by atoms with E-state index in [0.717, 1.165) is 19.4 Å². The van der Waals surface area contributed by atoms with E-state index < -0.39 is 0 Å². The standard InChI is InChI=1S/C14H20N2O/c1-2-16-14(11-15)12-17-10-6-9-13-7-4-3-5-8-13/h3-5,7-8,14,16H,2,6,9-10,12H2,1H3. The Morgan fingerprint density at radius 3 is 2.76 bits per heavy atom. The molecule has 3 nitrogen and oxygen atoms in total. The Balaban J connectivity index is 2.07. The van der Waals surface area contributed by atoms with Gasteiger partial charge in [0.15, 0.2) is 0 Å². The smallest absolute Gasteiger partial charge is 0.119 e. The molecule has 0 aliphatic rings. The van der Waals surface area contributed by atoms with Gasteiger partial charge in [0.2, 0.25) is 0 Å². The predicted molar refractivity (Wildman–Crippen MR) is 68.7 cm³/mol. The third-order valence-corrected chi connectivity index (χ3v) is 2.49. The van der Waals surface area contributed by atoms with Crippen LogP contribution in [0, 0.1) is 11.3 Å². The summed E-state index contributed by atoms with van der Waals surface area (Å²) in [6, 6.07) is 12.4. The lowest BCUT2D eigenvalue weighted by molar-refractivity contribution is 0.121. The number of aryl methyl sites for hydroxylation is 1. The van der Waals surface area contributed by atoms with Crippen LogP contribution in [-0.4, -0.2) is 25.8 Å². The van der Waals surface area contributed by atoms with Crippen molar-refractivity contribution in [2.24, 2.45) is 0 Å². The topological polar surface area (TPSA) is 45.0 Å². The predicted octanol–water partition coefficient (Wildman–Crippen LogP) is 2.14. The highest BCUT2D eigenvalue weighted by molar-refractivity contribution is 5.14. The van der Waals surface area contributed by atoms with Gasteiger partial charge in [0.05, 0.1) is 12.7 Å². The minimum Gasteiger partial charge on any atom is -0.379 e. The molecule has 0 radical (unpaired) electrons. The van der Waals surface area contributed by atoms with E-state index in [1.807, 2.05) is 25.1 Å². The monoisotopic (exact) mass is 232 g/mol. The molecule has 1 unspecified atom stereocenters. The molecule has 1 aromatic rings. The number of hydrogen-bond donors (Lipinski definition) is 1. The number of nitrogens with zero attached hydrogens (tertiary/aromatic N) is 1. The third-order valence-electron chi connectivity index (χ3n) is 2.49. The number of benzene rings is 1. The van der Waals surface area contributed by atoms with Gasteiger partial charge in [-0.25, -0.2) is 0 Å². The largest absolute Gasteiger partial charge is 0.379 e. The number of nitriles is 1. The minimum absolute atomic E-state index is 0.184. The molecule has 0 amide bonds. The SMILES string of the molecule is CCNC(C#N)COCCCc1ccccc1. The Bertz CT molecular complexity index is 332. The van der Waals surface area contributed by atoms with E-state index >= 15 is 0 Å². The van der Waals surface area contributed by atoms with Gasteiger partial charge in [0, 0.05) is 6.61 Å². The molecule has 3 heteroatoms. The van der Waals surface area contributed by atoms with Crippen molar-refractivity contribution in [3.8, 4) is 6.07 Å². The van der Waals surface area contributed by atoms with Gasteiger partial charge in [-0.1, -0.05) is 37.3 Å². The molecule has 0 bridgehead atoms. The van der Waals surface area contributed by atoms with Crippen molar-refractivity contribution in [2.75, 3.05) is 19.8 Å². The second-order valence-electron chi connectivity index (χ2n) is 3.90. The Labute approximate surface area is 103 Å². The van der Waals surface area contributed by atoms with Crippen molar-refractivity contribution >= 4 is 0 Å². The highest BCUT2D eigenvalue weighted by Crippen LogP contribution is 2.02. The summed E-state index contributed by atoms with van der Waals surface area (Å²) < 4.78 is 5.48. The van der Waals surface area contributed by atoms with Crippen molar-refractivity contribution in [2.45, 2.75) is 25.8 Å².